The number of nitrogens with one attached hydrogen (secondary N) is 2. The summed E-state index contributed by atoms with van der Waals surface area (Å²) >= 11 is 0. The molecular weight excluding hydrogens is 378 g/mol. The fourth-order valence-electron chi connectivity index (χ4n) is 3.67. The second-order valence-electron chi connectivity index (χ2n) is 7.56. The van der Waals surface area contributed by atoms with Crippen molar-refractivity contribution in [1.29, 1.82) is 0 Å². The zero-order chi connectivity index (χ0) is 21.3. The molecule has 3 heterocycles. The van der Waals surface area contributed by atoms with Crippen LogP contribution >= 0.6 is 0 Å². The van der Waals surface area contributed by atoms with Crippen LogP contribution in [0.1, 0.15) is 43.4 Å². The highest BCUT2D eigenvalue weighted by Gasteiger charge is 2.18. The maximum Gasteiger partial charge on any atom is 0.191 e. The van der Waals surface area contributed by atoms with Crippen LogP contribution in [0.25, 0.3) is 0 Å². The van der Waals surface area contributed by atoms with Crippen LogP contribution in [-0.2, 0) is 25.9 Å². The third-order valence-corrected chi connectivity index (χ3v) is 5.46. The first-order valence-electron chi connectivity index (χ1n) is 11.0. The molecule has 30 heavy (non-hydrogen) atoms. The molecule has 2 aromatic rings. The molecule has 2 N–H and O–H groups in total. The number of piperazine rings is 1. The number of aliphatic imine (C=N–C) groups is 1. The monoisotopic (exact) mass is 413 g/mol. The van der Waals surface area contributed by atoms with Gasteiger partial charge in [-0.05, 0) is 26.5 Å². The van der Waals surface area contributed by atoms with Crippen molar-refractivity contribution in [1.82, 2.24) is 25.7 Å². The van der Waals surface area contributed by atoms with E-state index in [9.17, 15) is 0 Å². The zero-order valence-electron chi connectivity index (χ0n) is 18.7. The first kappa shape index (κ1) is 22.1. The summed E-state index contributed by atoms with van der Waals surface area (Å²) in [4.78, 5) is 14.2. The lowest BCUT2D eigenvalue weighted by Crippen LogP contribution is -2.45. The van der Waals surface area contributed by atoms with Crippen LogP contribution in [0.15, 0.2) is 27.8 Å². The van der Waals surface area contributed by atoms with Gasteiger partial charge in [0.2, 0.25) is 0 Å². The summed E-state index contributed by atoms with van der Waals surface area (Å²) in [5.41, 5.74) is 3.30. The van der Waals surface area contributed by atoms with E-state index < -0.39 is 0 Å². The van der Waals surface area contributed by atoms with E-state index in [1.807, 2.05) is 12.3 Å². The van der Waals surface area contributed by atoms with Crippen LogP contribution < -0.4 is 15.5 Å². The van der Waals surface area contributed by atoms with E-state index in [4.69, 9.17) is 9.52 Å². The van der Waals surface area contributed by atoms with Crippen molar-refractivity contribution in [2.75, 3.05) is 44.7 Å². The van der Waals surface area contributed by atoms with Gasteiger partial charge in [0, 0.05) is 63.0 Å². The van der Waals surface area contributed by atoms with Crippen molar-refractivity contribution < 1.29 is 4.52 Å². The second kappa shape index (κ2) is 11.0. The Morgan fingerprint density at radius 3 is 2.63 bits per heavy atom. The fraction of sp³-hybridized carbons (Fsp3) is 0.591. The lowest BCUT2D eigenvalue weighted by molar-refractivity contribution is 0.312. The molecule has 1 saturated heterocycles. The first-order chi connectivity index (χ1) is 14.7. The summed E-state index contributed by atoms with van der Waals surface area (Å²) in [6.07, 6.45) is 3.56. The Hall–Kier alpha value is -2.61. The molecule has 8 heteroatoms. The van der Waals surface area contributed by atoms with E-state index in [1.165, 1.54) is 0 Å². The van der Waals surface area contributed by atoms with Gasteiger partial charge in [-0.3, -0.25) is 0 Å². The fourth-order valence-corrected chi connectivity index (χ4v) is 3.67. The lowest BCUT2D eigenvalue weighted by Gasteiger charge is -2.34. The number of hydrogen-bond acceptors (Lipinski definition) is 6. The van der Waals surface area contributed by atoms with Gasteiger partial charge in [0.15, 0.2) is 5.96 Å². The average molecular weight is 414 g/mol. The predicted molar refractivity (Wildman–Crippen MR) is 121 cm³/mol. The molecule has 1 aliphatic heterocycles. The minimum Gasteiger partial charge on any atom is -0.361 e. The number of aromatic nitrogens is 2. The van der Waals surface area contributed by atoms with Crippen molar-refractivity contribution in [2.45, 2.75) is 46.7 Å². The maximum absolute atomic E-state index is 5.48. The van der Waals surface area contributed by atoms with Crippen molar-refractivity contribution in [3.63, 3.8) is 0 Å². The van der Waals surface area contributed by atoms with Crippen LogP contribution in [-0.4, -0.2) is 60.8 Å². The van der Waals surface area contributed by atoms with E-state index in [0.29, 0.717) is 13.1 Å². The first-order valence-corrected chi connectivity index (χ1v) is 11.0. The minimum absolute atomic E-state index is 0.579. The van der Waals surface area contributed by atoms with E-state index in [2.05, 4.69) is 64.5 Å². The smallest absolute Gasteiger partial charge is 0.191 e. The van der Waals surface area contributed by atoms with Gasteiger partial charge in [-0.25, -0.2) is 9.98 Å². The molecule has 8 nitrogen and oxygen atoms in total. The standard InChI is InChI=1S/C22H35N7O/c1-5-19-18(20(6-2)30-27-19)16-26-22(23-7-3)25-15-17-9-8-10-24-21(17)29-13-11-28(4)12-14-29/h8-10H,5-7,11-16H2,1-4H3,(H2,23,25,26). The van der Waals surface area contributed by atoms with Crippen molar-refractivity contribution in [3.8, 4) is 0 Å². The van der Waals surface area contributed by atoms with E-state index in [0.717, 1.165) is 79.9 Å². The SMILES string of the molecule is CCNC(=NCc1cccnc1N1CCN(C)CC1)NCc1c(CC)noc1CC. The van der Waals surface area contributed by atoms with Crippen LogP contribution in [0.5, 0.6) is 0 Å². The zero-order valence-corrected chi connectivity index (χ0v) is 18.7. The van der Waals surface area contributed by atoms with Crippen LogP contribution in [0, 0.1) is 0 Å². The Bertz CT molecular complexity index is 803. The summed E-state index contributed by atoms with van der Waals surface area (Å²) in [7, 11) is 2.17. The Labute approximate surface area is 179 Å². The van der Waals surface area contributed by atoms with Gasteiger partial charge in [-0.15, -0.1) is 0 Å². The van der Waals surface area contributed by atoms with E-state index in [1.54, 1.807) is 0 Å². The topological polar surface area (TPSA) is 81.8 Å². The Balaban J connectivity index is 1.70. The molecule has 0 atom stereocenters. The summed E-state index contributed by atoms with van der Waals surface area (Å²) in [5, 5.41) is 11.0. The largest absolute Gasteiger partial charge is 0.361 e. The van der Waals surface area contributed by atoms with Crippen molar-refractivity contribution >= 4 is 11.8 Å². The Morgan fingerprint density at radius 2 is 1.93 bits per heavy atom. The molecule has 0 unspecified atom stereocenters. The number of aryl methyl sites for hydroxylation is 2. The van der Waals surface area contributed by atoms with Crippen LogP contribution in [0.3, 0.4) is 0 Å². The lowest BCUT2D eigenvalue weighted by atomic mass is 10.1. The molecule has 0 aliphatic carbocycles. The van der Waals surface area contributed by atoms with Gasteiger partial charge in [0.1, 0.15) is 11.6 Å². The van der Waals surface area contributed by atoms with E-state index >= 15 is 0 Å². The molecule has 0 amide bonds. The molecule has 0 bridgehead atoms. The molecule has 1 aliphatic rings. The highest BCUT2D eigenvalue weighted by molar-refractivity contribution is 5.79. The minimum atomic E-state index is 0.579. The summed E-state index contributed by atoms with van der Waals surface area (Å²) in [6.45, 7) is 12.4. The number of pyridine rings is 1. The number of hydrogen-bond donors (Lipinski definition) is 2. The molecule has 0 spiro atoms. The van der Waals surface area contributed by atoms with Crippen LogP contribution in [0.4, 0.5) is 5.82 Å². The highest BCUT2D eigenvalue weighted by atomic mass is 16.5. The Kier molecular flexibility index (Phi) is 8.07. The van der Waals surface area contributed by atoms with Gasteiger partial charge < -0.3 is 25.0 Å². The maximum atomic E-state index is 5.48. The van der Waals surface area contributed by atoms with Gasteiger partial charge >= 0.3 is 0 Å². The molecule has 0 aromatic carbocycles. The quantitative estimate of drug-likeness (QED) is 0.507. The average Bonchev–Trinajstić information content (AvgIpc) is 3.18. The van der Waals surface area contributed by atoms with Gasteiger partial charge in [-0.2, -0.15) is 0 Å². The molecular formula is C22H35N7O. The van der Waals surface area contributed by atoms with Gasteiger partial charge in [0.05, 0.1) is 12.2 Å². The Morgan fingerprint density at radius 1 is 1.13 bits per heavy atom. The number of anilines is 1. The highest BCUT2D eigenvalue weighted by Crippen LogP contribution is 2.20. The van der Waals surface area contributed by atoms with Crippen molar-refractivity contribution in [3.05, 3.63) is 40.9 Å². The number of rotatable bonds is 8. The normalized spacial score (nSPS) is 15.5. The number of nitrogens with zero attached hydrogens (tertiary/aromatic N) is 5. The summed E-state index contributed by atoms with van der Waals surface area (Å²) in [6, 6.07) is 4.11. The summed E-state index contributed by atoms with van der Waals surface area (Å²) < 4.78 is 5.48. The van der Waals surface area contributed by atoms with Crippen LogP contribution in [0.2, 0.25) is 0 Å². The molecule has 164 valence electrons. The molecule has 0 radical (unpaired) electrons. The predicted octanol–water partition coefficient (Wildman–Crippen LogP) is 2.20. The molecule has 0 saturated carbocycles. The third kappa shape index (κ3) is 5.50. The third-order valence-electron chi connectivity index (χ3n) is 5.46. The molecule has 3 rings (SSSR count). The van der Waals surface area contributed by atoms with E-state index in [-0.39, 0.29) is 0 Å². The molecule has 1 fully saturated rings. The van der Waals surface area contributed by atoms with Gasteiger partial charge in [-0.1, -0.05) is 25.1 Å². The second-order valence-corrected chi connectivity index (χ2v) is 7.56. The van der Waals surface area contributed by atoms with Crippen molar-refractivity contribution in [2.24, 2.45) is 4.99 Å². The number of guanidine groups is 1. The van der Waals surface area contributed by atoms with Gasteiger partial charge in [0.25, 0.3) is 0 Å². The summed E-state index contributed by atoms with van der Waals surface area (Å²) in [5.74, 6) is 2.78. The molecule has 2 aromatic heterocycles. The number of likely N-dealkylation sites (N-methyl/N-ethyl adjacent to an activating group) is 1.